The molecular formula is C26H22N2O5S. The summed E-state index contributed by atoms with van der Waals surface area (Å²) in [5.74, 6) is -0.0616. The Morgan fingerprint density at radius 3 is 2.35 bits per heavy atom. The van der Waals surface area contributed by atoms with E-state index in [0.29, 0.717) is 22.8 Å². The van der Waals surface area contributed by atoms with Crippen LogP contribution in [0.3, 0.4) is 0 Å². The standard InChI is InChI=1S/C26H22N2O5S/c1-3-17-4-10-20(11-5-17)27-24(30)15-28-25(31)23(34-26(28)32)14-21-12-13-22(33-21)19-8-6-18(7-9-19)16(2)29/h4-14H,3,15H2,1-2H3,(H,27,30)/b23-14+. The van der Waals surface area contributed by atoms with Gasteiger partial charge in [-0.1, -0.05) is 43.3 Å². The van der Waals surface area contributed by atoms with Gasteiger partial charge < -0.3 is 9.73 Å². The molecule has 7 nitrogen and oxygen atoms in total. The Morgan fingerprint density at radius 1 is 1.00 bits per heavy atom. The molecule has 4 rings (SSSR count). The largest absolute Gasteiger partial charge is 0.457 e. The third kappa shape index (κ3) is 5.18. The number of nitrogens with one attached hydrogen (secondary N) is 1. The summed E-state index contributed by atoms with van der Waals surface area (Å²) in [6, 6.07) is 17.8. The Labute approximate surface area is 200 Å². The molecule has 0 bridgehead atoms. The van der Waals surface area contributed by atoms with Crippen LogP contribution in [0.25, 0.3) is 17.4 Å². The van der Waals surface area contributed by atoms with Crippen molar-refractivity contribution in [2.24, 2.45) is 0 Å². The fourth-order valence-electron chi connectivity index (χ4n) is 3.39. The molecule has 0 atom stereocenters. The zero-order valence-corrected chi connectivity index (χ0v) is 19.5. The second-order valence-corrected chi connectivity index (χ2v) is 8.70. The number of aryl methyl sites for hydroxylation is 1. The van der Waals surface area contributed by atoms with Gasteiger partial charge in [0.25, 0.3) is 11.1 Å². The number of anilines is 1. The van der Waals surface area contributed by atoms with Gasteiger partial charge in [-0.2, -0.15) is 0 Å². The molecule has 3 amide bonds. The Hall–Kier alpha value is -3.91. The first kappa shape index (κ1) is 23.3. The molecular weight excluding hydrogens is 452 g/mol. The zero-order valence-electron chi connectivity index (χ0n) is 18.7. The molecule has 1 aliphatic heterocycles. The second kappa shape index (κ2) is 9.93. The minimum absolute atomic E-state index is 0.0227. The van der Waals surface area contributed by atoms with Crippen molar-refractivity contribution in [3.05, 3.63) is 82.5 Å². The number of carbonyl (C=O) groups is 4. The van der Waals surface area contributed by atoms with Crippen LogP contribution < -0.4 is 5.32 Å². The van der Waals surface area contributed by atoms with Crippen molar-refractivity contribution in [2.75, 3.05) is 11.9 Å². The van der Waals surface area contributed by atoms with E-state index in [1.165, 1.54) is 13.0 Å². The van der Waals surface area contributed by atoms with Gasteiger partial charge in [-0.25, -0.2) is 0 Å². The number of carbonyl (C=O) groups excluding carboxylic acids is 4. The highest BCUT2D eigenvalue weighted by Crippen LogP contribution is 2.33. The summed E-state index contributed by atoms with van der Waals surface area (Å²) in [6.07, 6.45) is 2.38. The van der Waals surface area contributed by atoms with Crippen molar-refractivity contribution in [3.8, 4) is 11.3 Å². The number of thioether (sulfide) groups is 1. The van der Waals surface area contributed by atoms with Gasteiger partial charge in [0, 0.05) is 22.9 Å². The molecule has 0 unspecified atom stereocenters. The number of hydrogen-bond acceptors (Lipinski definition) is 6. The molecule has 0 radical (unpaired) electrons. The third-order valence-electron chi connectivity index (χ3n) is 5.30. The fraction of sp³-hybridized carbons (Fsp3) is 0.154. The van der Waals surface area contributed by atoms with Crippen molar-refractivity contribution < 1.29 is 23.6 Å². The highest BCUT2D eigenvalue weighted by atomic mass is 32.2. The van der Waals surface area contributed by atoms with Gasteiger partial charge in [0.05, 0.1) is 4.91 Å². The maximum Gasteiger partial charge on any atom is 0.294 e. The van der Waals surface area contributed by atoms with Crippen LogP contribution in [0.2, 0.25) is 0 Å². The number of benzene rings is 2. The predicted molar refractivity (Wildman–Crippen MR) is 131 cm³/mol. The quantitative estimate of drug-likeness (QED) is 0.364. The highest BCUT2D eigenvalue weighted by Gasteiger charge is 2.36. The molecule has 0 saturated carbocycles. The van der Waals surface area contributed by atoms with Crippen molar-refractivity contribution in [1.82, 2.24) is 4.90 Å². The lowest BCUT2D eigenvalue weighted by Gasteiger charge is -2.12. The molecule has 1 aromatic heterocycles. The van der Waals surface area contributed by atoms with Crippen LogP contribution in [-0.2, 0) is 16.0 Å². The molecule has 1 aliphatic rings. The van der Waals surface area contributed by atoms with Gasteiger partial charge in [0.15, 0.2) is 5.78 Å². The minimum atomic E-state index is -0.546. The highest BCUT2D eigenvalue weighted by molar-refractivity contribution is 8.18. The Morgan fingerprint density at radius 2 is 1.71 bits per heavy atom. The number of imide groups is 1. The zero-order chi connectivity index (χ0) is 24.2. The Bertz CT molecular complexity index is 1290. The summed E-state index contributed by atoms with van der Waals surface area (Å²) in [5, 5.41) is 2.19. The lowest BCUT2D eigenvalue weighted by Crippen LogP contribution is -2.36. The maximum absolute atomic E-state index is 12.7. The molecule has 1 fully saturated rings. The number of Topliss-reactive ketones (excluding diaryl/α,β-unsaturated/α-hetero) is 1. The van der Waals surface area contributed by atoms with E-state index in [0.717, 1.165) is 34.2 Å². The number of rotatable bonds is 7. The molecule has 2 heterocycles. The molecule has 3 aromatic rings. The van der Waals surface area contributed by atoms with Crippen LogP contribution in [0.15, 0.2) is 70.0 Å². The van der Waals surface area contributed by atoms with Gasteiger partial charge in [-0.15, -0.1) is 0 Å². The van der Waals surface area contributed by atoms with Gasteiger partial charge in [0.1, 0.15) is 18.1 Å². The topological polar surface area (TPSA) is 96.7 Å². The minimum Gasteiger partial charge on any atom is -0.457 e. The van der Waals surface area contributed by atoms with E-state index in [4.69, 9.17) is 4.42 Å². The molecule has 34 heavy (non-hydrogen) atoms. The van der Waals surface area contributed by atoms with Gasteiger partial charge in [-0.3, -0.25) is 24.1 Å². The van der Waals surface area contributed by atoms with Gasteiger partial charge in [0.2, 0.25) is 5.91 Å². The van der Waals surface area contributed by atoms with E-state index in [2.05, 4.69) is 5.32 Å². The summed E-state index contributed by atoms with van der Waals surface area (Å²) in [7, 11) is 0. The molecule has 0 aliphatic carbocycles. The Balaban J connectivity index is 1.42. The third-order valence-corrected chi connectivity index (χ3v) is 6.20. The van der Waals surface area contributed by atoms with Crippen LogP contribution in [-0.4, -0.2) is 34.3 Å². The number of hydrogen-bond donors (Lipinski definition) is 1. The molecule has 1 saturated heterocycles. The summed E-state index contributed by atoms with van der Waals surface area (Å²) in [6.45, 7) is 3.17. The van der Waals surface area contributed by atoms with Crippen LogP contribution in [0.5, 0.6) is 0 Å². The van der Waals surface area contributed by atoms with E-state index in [-0.39, 0.29) is 17.2 Å². The van der Waals surface area contributed by atoms with Crippen LogP contribution in [0.4, 0.5) is 10.5 Å². The average molecular weight is 475 g/mol. The molecule has 172 valence electrons. The number of furan rings is 1. The molecule has 0 spiro atoms. The molecule has 1 N–H and O–H groups in total. The smallest absolute Gasteiger partial charge is 0.294 e. The fourth-order valence-corrected chi connectivity index (χ4v) is 4.21. The second-order valence-electron chi connectivity index (χ2n) is 7.70. The Kier molecular flexibility index (Phi) is 6.79. The number of amides is 3. The van der Waals surface area contributed by atoms with Crippen LogP contribution in [0.1, 0.15) is 35.5 Å². The van der Waals surface area contributed by atoms with Gasteiger partial charge in [-0.05, 0) is 54.9 Å². The average Bonchev–Trinajstić information content (AvgIpc) is 3.40. The van der Waals surface area contributed by atoms with E-state index in [1.54, 1.807) is 48.5 Å². The normalized spacial score (nSPS) is 14.6. The van der Waals surface area contributed by atoms with Crippen LogP contribution in [0, 0.1) is 0 Å². The van der Waals surface area contributed by atoms with E-state index >= 15 is 0 Å². The molecule has 2 aromatic carbocycles. The maximum atomic E-state index is 12.7. The number of nitrogens with zero attached hydrogens (tertiary/aromatic N) is 1. The van der Waals surface area contributed by atoms with E-state index in [9.17, 15) is 19.2 Å². The predicted octanol–water partition coefficient (Wildman–Crippen LogP) is 5.39. The summed E-state index contributed by atoms with van der Waals surface area (Å²) < 4.78 is 5.79. The monoisotopic (exact) mass is 474 g/mol. The van der Waals surface area contributed by atoms with Crippen molar-refractivity contribution in [1.29, 1.82) is 0 Å². The summed E-state index contributed by atoms with van der Waals surface area (Å²) >= 11 is 0.761. The summed E-state index contributed by atoms with van der Waals surface area (Å²) in [5.41, 5.74) is 3.13. The number of ketones is 1. The first-order valence-electron chi connectivity index (χ1n) is 10.7. The van der Waals surface area contributed by atoms with Gasteiger partial charge >= 0.3 is 0 Å². The molecule has 8 heteroatoms. The SMILES string of the molecule is CCc1ccc(NC(=O)CN2C(=O)S/C(=C/c3ccc(-c4ccc(C(C)=O)cc4)o3)C2=O)cc1. The summed E-state index contributed by atoms with van der Waals surface area (Å²) in [4.78, 5) is 50.0. The van der Waals surface area contributed by atoms with E-state index in [1.807, 2.05) is 19.1 Å². The lowest BCUT2D eigenvalue weighted by atomic mass is 10.1. The first-order valence-corrected chi connectivity index (χ1v) is 11.5. The van der Waals surface area contributed by atoms with Crippen LogP contribution >= 0.6 is 11.8 Å². The van der Waals surface area contributed by atoms with Crippen molar-refractivity contribution in [2.45, 2.75) is 20.3 Å². The van der Waals surface area contributed by atoms with Crippen molar-refractivity contribution in [3.63, 3.8) is 0 Å². The lowest BCUT2D eigenvalue weighted by molar-refractivity contribution is -0.127. The van der Waals surface area contributed by atoms with E-state index < -0.39 is 17.1 Å². The first-order chi connectivity index (χ1) is 16.3. The van der Waals surface area contributed by atoms with Crippen molar-refractivity contribution >= 4 is 46.4 Å².